The van der Waals surface area contributed by atoms with E-state index in [0.717, 1.165) is 29.7 Å². The number of aromatic nitrogens is 2. The molecule has 28 heavy (non-hydrogen) atoms. The zero-order valence-corrected chi connectivity index (χ0v) is 16.0. The summed E-state index contributed by atoms with van der Waals surface area (Å²) in [6.45, 7) is 0.547. The highest BCUT2D eigenvalue weighted by atomic mass is 16.5. The topological polar surface area (TPSA) is 56.1 Å². The molecule has 1 saturated carbocycles. The number of hydrogen-bond donors (Lipinski definition) is 0. The highest BCUT2D eigenvalue weighted by molar-refractivity contribution is 5.92. The van der Waals surface area contributed by atoms with E-state index in [-0.39, 0.29) is 5.91 Å². The average molecular weight is 377 g/mol. The molecule has 0 saturated heterocycles. The third-order valence-electron chi connectivity index (χ3n) is 4.92. The number of ether oxygens (including phenoxy) is 2. The lowest BCUT2D eigenvalue weighted by molar-refractivity contribution is -0.127. The quantitative estimate of drug-likeness (QED) is 0.591. The number of fused-ring (bicyclic) bond motifs is 1. The van der Waals surface area contributed by atoms with Crippen molar-refractivity contribution < 1.29 is 14.3 Å². The molecule has 144 valence electrons. The van der Waals surface area contributed by atoms with Gasteiger partial charge in [-0.3, -0.25) is 4.79 Å². The van der Waals surface area contributed by atoms with Gasteiger partial charge < -0.3 is 18.8 Å². The van der Waals surface area contributed by atoms with Crippen LogP contribution in [0.2, 0.25) is 0 Å². The van der Waals surface area contributed by atoms with Crippen molar-refractivity contribution in [3.8, 4) is 11.5 Å². The number of pyridine rings is 1. The highest BCUT2D eigenvalue weighted by Crippen LogP contribution is 2.30. The molecule has 0 atom stereocenters. The van der Waals surface area contributed by atoms with E-state index in [9.17, 15) is 4.79 Å². The van der Waals surface area contributed by atoms with E-state index in [2.05, 4.69) is 4.98 Å². The third kappa shape index (κ3) is 3.71. The smallest absolute Gasteiger partial charge is 0.247 e. The minimum atomic E-state index is 0.00293. The molecule has 0 radical (unpaired) electrons. The van der Waals surface area contributed by atoms with E-state index >= 15 is 0 Å². The summed E-state index contributed by atoms with van der Waals surface area (Å²) < 4.78 is 12.6. The molecule has 0 unspecified atom stereocenters. The number of carbonyl (C=O) groups is 1. The summed E-state index contributed by atoms with van der Waals surface area (Å²) in [7, 11) is 3.20. The molecule has 3 aromatic rings. The van der Waals surface area contributed by atoms with Gasteiger partial charge in [0, 0.05) is 18.3 Å². The Morgan fingerprint density at radius 1 is 1.21 bits per heavy atom. The van der Waals surface area contributed by atoms with Crippen LogP contribution in [-0.2, 0) is 11.3 Å². The van der Waals surface area contributed by atoms with Gasteiger partial charge in [-0.2, -0.15) is 0 Å². The second-order valence-corrected chi connectivity index (χ2v) is 6.82. The number of imidazole rings is 1. The van der Waals surface area contributed by atoms with Crippen LogP contribution < -0.4 is 9.47 Å². The lowest BCUT2D eigenvalue weighted by Gasteiger charge is -2.20. The molecule has 1 aromatic carbocycles. The molecule has 1 fully saturated rings. The lowest BCUT2D eigenvalue weighted by atomic mass is 10.2. The molecular formula is C22H23N3O3. The first-order valence-electron chi connectivity index (χ1n) is 9.31. The van der Waals surface area contributed by atoms with Gasteiger partial charge in [0.2, 0.25) is 5.91 Å². The molecule has 2 aromatic heterocycles. The summed E-state index contributed by atoms with van der Waals surface area (Å²) >= 11 is 0. The summed E-state index contributed by atoms with van der Waals surface area (Å²) in [5, 5.41) is 0. The van der Waals surface area contributed by atoms with Crippen LogP contribution in [0.4, 0.5) is 0 Å². The maximum Gasteiger partial charge on any atom is 0.247 e. The Bertz CT molecular complexity index is 1020. The van der Waals surface area contributed by atoms with Crippen LogP contribution in [0.1, 0.15) is 24.1 Å². The van der Waals surface area contributed by atoms with Crippen LogP contribution in [0.25, 0.3) is 11.7 Å². The van der Waals surface area contributed by atoms with Gasteiger partial charge in [-0.25, -0.2) is 4.98 Å². The van der Waals surface area contributed by atoms with Crippen molar-refractivity contribution >= 4 is 17.6 Å². The van der Waals surface area contributed by atoms with Gasteiger partial charge >= 0.3 is 0 Å². The summed E-state index contributed by atoms with van der Waals surface area (Å²) in [6.07, 6.45) is 9.36. The summed E-state index contributed by atoms with van der Waals surface area (Å²) in [5.41, 5.74) is 2.79. The Hall–Kier alpha value is -3.28. The van der Waals surface area contributed by atoms with Gasteiger partial charge in [0.05, 0.1) is 32.7 Å². The van der Waals surface area contributed by atoms with E-state index in [1.54, 1.807) is 20.3 Å². The maximum atomic E-state index is 12.9. The first-order valence-corrected chi connectivity index (χ1v) is 9.31. The fourth-order valence-electron chi connectivity index (χ4n) is 3.27. The van der Waals surface area contributed by atoms with Crippen molar-refractivity contribution in [1.29, 1.82) is 0 Å². The number of benzene rings is 1. The number of carbonyl (C=O) groups excluding carboxylic acids is 1. The Morgan fingerprint density at radius 2 is 2.04 bits per heavy atom. The summed E-state index contributed by atoms with van der Waals surface area (Å²) in [4.78, 5) is 19.2. The minimum absolute atomic E-state index is 0.00293. The van der Waals surface area contributed by atoms with Gasteiger partial charge in [0.1, 0.15) is 5.65 Å². The Morgan fingerprint density at radius 3 is 2.79 bits per heavy atom. The Kier molecular flexibility index (Phi) is 5.02. The van der Waals surface area contributed by atoms with Crippen molar-refractivity contribution in [1.82, 2.24) is 14.3 Å². The number of methoxy groups -OCH3 is 2. The lowest BCUT2D eigenvalue weighted by Crippen LogP contribution is -2.31. The predicted octanol–water partition coefficient (Wildman–Crippen LogP) is 3.56. The Balaban J connectivity index is 1.52. The maximum absolute atomic E-state index is 12.9. The monoisotopic (exact) mass is 377 g/mol. The van der Waals surface area contributed by atoms with E-state index in [0.29, 0.717) is 24.1 Å². The van der Waals surface area contributed by atoms with Crippen molar-refractivity contribution in [3.63, 3.8) is 0 Å². The zero-order valence-electron chi connectivity index (χ0n) is 16.0. The first-order chi connectivity index (χ1) is 13.7. The molecule has 6 nitrogen and oxygen atoms in total. The summed E-state index contributed by atoms with van der Waals surface area (Å²) in [5.74, 6) is 1.31. The fourth-order valence-corrected chi connectivity index (χ4v) is 3.27. The van der Waals surface area contributed by atoms with Crippen molar-refractivity contribution in [2.75, 3.05) is 14.2 Å². The molecule has 0 spiro atoms. The molecule has 1 aliphatic rings. The Labute approximate surface area is 164 Å². The number of nitrogens with zero attached hydrogens (tertiary/aromatic N) is 3. The van der Waals surface area contributed by atoms with E-state index in [1.807, 2.05) is 64.2 Å². The van der Waals surface area contributed by atoms with Crippen LogP contribution in [0, 0.1) is 0 Å². The van der Waals surface area contributed by atoms with Crippen LogP contribution in [-0.4, -0.2) is 40.5 Å². The first kappa shape index (κ1) is 18.1. The standard InChI is InChI=1S/C22H23N3O3/c1-27-19-10-6-16(13-20(19)28-2)7-11-22(26)25(17-8-9-17)15-18-14-23-21-5-3-4-12-24(18)21/h3-7,10-14,17H,8-9,15H2,1-2H3. The largest absolute Gasteiger partial charge is 0.493 e. The number of hydrogen-bond acceptors (Lipinski definition) is 4. The van der Waals surface area contributed by atoms with Gasteiger partial charge in [-0.15, -0.1) is 0 Å². The van der Waals surface area contributed by atoms with Crippen LogP contribution in [0.3, 0.4) is 0 Å². The second-order valence-electron chi connectivity index (χ2n) is 6.82. The minimum Gasteiger partial charge on any atom is -0.493 e. The normalized spacial score (nSPS) is 13.8. The number of amides is 1. The third-order valence-corrected chi connectivity index (χ3v) is 4.92. The molecule has 1 amide bonds. The van der Waals surface area contributed by atoms with E-state index < -0.39 is 0 Å². The molecule has 0 N–H and O–H groups in total. The SMILES string of the molecule is COc1ccc(C=CC(=O)N(Cc2cnc3ccccn23)C2CC2)cc1OC. The van der Waals surface area contributed by atoms with Crippen LogP contribution in [0.15, 0.2) is 54.9 Å². The second kappa shape index (κ2) is 7.76. The molecule has 6 heteroatoms. The van der Waals surface area contributed by atoms with Gasteiger partial charge in [-0.1, -0.05) is 12.1 Å². The van der Waals surface area contributed by atoms with Gasteiger partial charge in [-0.05, 0) is 48.7 Å². The van der Waals surface area contributed by atoms with Crippen molar-refractivity contribution in [2.24, 2.45) is 0 Å². The zero-order chi connectivity index (χ0) is 19.5. The number of rotatable bonds is 7. The molecule has 0 bridgehead atoms. The van der Waals surface area contributed by atoms with Gasteiger partial charge in [0.15, 0.2) is 11.5 Å². The summed E-state index contributed by atoms with van der Waals surface area (Å²) in [6, 6.07) is 11.8. The van der Waals surface area contributed by atoms with Gasteiger partial charge in [0.25, 0.3) is 0 Å². The van der Waals surface area contributed by atoms with Crippen molar-refractivity contribution in [3.05, 3.63) is 66.1 Å². The molecule has 2 heterocycles. The average Bonchev–Trinajstić information content (AvgIpc) is 3.50. The van der Waals surface area contributed by atoms with E-state index in [4.69, 9.17) is 9.47 Å². The van der Waals surface area contributed by atoms with Crippen molar-refractivity contribution in [2.45, 2.75) is 25.4 Å². The predicted molar refractivity (Wildman–Crippen MR) is 107 cm³/mol. The molecule has 4 rings (SSSR count). The van der Waals surface area contributed by atoms with E-state index in [1.165, 1.54) is 0 Å². The molecule has 0 aliphatic heterocycles. The van der Waals surface area contributed by atoms with Crippen LogP contribution in [0.5, 0.6) is 11.5 Å². The fraction of sp³-hybridized carbons (Fsp3) is 0.273. The molecular weight excluding hydrogens is 354 g/mol. The van der Waals surface area contributed by atoms with Crippen LogP contribution >= 0.6 is 0 Å². The molecule has 1 aliphatic carbocycles. The highest BCUT2D eigenvalue weighted by Gasteiger charge is 2.32.